The summed E-state index contributed by atoms with van der Waals surface area (Å²) in [6, 6.07) is 17.3. The smallest absolute Gasteiger partial charge is 0.318 e. The van der Waals surface area contributed by atoms with Crippen molar-refractivity contribution < 1.29 is 14.4 Å². The summed E-state index contributed by atoms with van der Waals surface area (Å²) in [7, 11) is 3.55. The number of β-amino-alcohol motifs (C(OH)–C–C–N with tert-alkyl or cyclic N) is 1. The lowest BCUT2D eigenvalue weighted by atomic mass is 10.0. The van der Waals surface area contributed by atoms with Crippen LogP contribution in [0.2, 0.25) is 0 Å². The van der Waals surface area contributed by atoms with Crippen LogP contribution < -0.4 is 15.2 Å². The van der Waals surface area contributed by atoms with E-state index >= 15 is 0 Å². The van der Waals surface area contributed by atoms with Crippen LogP contribution in [0.25, 0.3) is 5.69 Å². The van der Waals surface area contributed by atoms with Crippen LogP contribution >= 0.6 is 0 Å². The maximum absolute atomic E-state index is 13.8. The molecular weight excluding hydrogens is 416 g/mol. The second kappa shape index (κ2) is 8.23. The van der Waals surface area contributed by atoms with Crippen molar-refractivity contribution in [3.63, 3.8) is 0 Å². The minimum Gasteiger partial charge on any atom is -0.497 e. The number of aromatic nitrogens is 2. The Morgan fingerprint density at radius 2 is 1.76 bits per heavy atom. The first-order valence-corrected chi connectivity index (χ1v) is 11.6. The highest BCUT2D eigenvalue weighted by Crippen LogP contribution is 2.36. The molecule has 0 saturated heterocycles. The molecule has 1 aromatic heterocycles. The van der Waals surface area contributed by atoms with E-state index < -0.39 is 5.72 Å². The first kappa shape index (κ1) is 21.5. The van der Waals surface area contributed by atoms with Crippen molar-refractivity contribution in [2.24, 2.45) is 7.05 Å². The first-order valence-electron chi connectivity index (χ1n) is 11.6. The largest absolute Gasteiger partial charge is 0.497 e. The molecule has 0 bridgehead atoms. The fourth-order valence-electron chi connectivity index (χ4n) is 5.25. The monoisotopic (exact) mass is 447 g/mol. The number of nitrogens with zero attached hydrogens (tertiary/aromatic N) is 4. The van der Waals surface area contributed by atoms with E-state index in [0.29, 0.717) is 12.2 Å². The predicted octanol–water partition coefficient (Wildman–Crippen LogP) is 3.14. The summed E-state index contributed by atoms with van der Waals surface area (Å²) in [5.41, 5.74) is 1.86. The van der Waals surface area contributed by atoms with E-state index in [-0.39, 0.29) is 5.56 Å². The Balaban J connectivity index is 1.65. The number of rotatable bonds is 4. The van der Waals surface area contributed by atoms with Gasteiger partial charge in [0.25, 0.3) is 11.6 Å². The molecule has 0 unspecified atom stereocenters. The van der Waals surface area contributed by atoms with Gasteiger partial charge in [0.2, 0.25) is 5.69 Å². The van der Waals surface area contributed by atoms with E-state index in [1.807, 2.05) is 73.3 Å². The lowest BCUT2D eigenvalue weighted by Gasteiger charge is -2.23. The molecule has 2 aliphatic heterocycles. The van der Waals surface area contributed by atoms with E-state index in [1.54, 1.807) is 11.8 Å². The number of methoxy groups -OCH3 is 1. The molecule has 0 saturated carbocycles. The van der Waals surface area contributed by atoms with Crippen LogP contribution in [0.5, 0.6) is 5.75 Å². The fourth-order valence-corrected chi connectivity index (χ4v) is 5.25. The fraction of sp³-hybridized carbons (Fsp3) is 0.385. The van der Waals surface area contributed by atoms with Gasteiger partial charge in [0, 0.05) is 19.0 Å². The van der Waals surface area contributed by atoms with Crippen molar-refractivity contribution in [1.82, 2.24) is 9.36 Å². The standard InChI is InChI=1S/C26H31N4O3/c1-19-24(25(31)30(27(19)2)21-10-6-4-7-11-21)28-18-26(32,20-13-15-22(33-3)16-14-20)29-17-9-5-8-12-23(28)29/h4,6-7,10-11,13-16,32H,5,8-9,12,17-18H2,1-3H3/q+1/t26-/m0/s1. The van der Waals surface area contributed by atoms with Gasteiger partial charge in [-0.3, -0.25) is 9.48 Å². The molecule has 0 aliphatic carbocycles. The molecule has 33 heavy (non-hydrogen) atoms. The van der Waals surface area contributed by atoms with Crippen LogP contribution in [-0.2, 0) is 12.8 Å². The molecule has 5 rings (SSSR count). The van der Waals surface area contributed by atoms with E-state index in [4.69, 9.17) is 4.74 Å². The molecular formula is C26H31N4O3+. The average Bonchev–Trinajstić information content (AvgIpc) is 3.09. The Hall–Kier alpha value is -3.32. The first-order chi connectivity index (χ1) is 16.0. The van der Waals surface area contributed by atoms with Gasteiger partial charge in [-0.05, 0) is 62.6 Å². The van der Waals surface area contributed by atoms with E-state index in [9.17, 15) is 9.90 Å². The van der Waals surface area contributed by atoms with Gasteiger partial charge in [0.05, 0.1) is 25.0 Å². The third kappa shape index (κ3) is 3.38. The average molecular weight is 448 g/mol. The number of hydrogen-bond acceptors (Lipinski definition) is 4. The number of para-hydroxylation sites is 1. The SMILES string of the molecule is COc1ccc([C@@]2(O)CN(c3c(C)n(C)n(-c4ccccc4)c3=O)C3=[N+]2CCCCC3)cc1. The molecule has 1 atom stereocenters. The van der Waals surface area contributed by atoms with Crippen molar-refractivity contribution in [3.05, 3.63) is 76.2 Å². The highest BCUT2D eigenvalue weighted by molar-refractivity contribution is 5.96. The zero-order valence-corrected chi connectivity index (χ0v) is 19.5. The lowest BCUT2D eigenvalue weighted by molar-refractivity contribution is -0.658. The normalized spacial score (nSPS) is 20.7. The summed E-state index contributed by atoms with van der Waals surface area (Å²) in [6.07, 6.45) is 3.99. The Labute approximate surface area is 193 Å². The van der Waals surface area contributed by atoms with Gasteiger partial charge in [-0.1, -0.05) is 18.2 Å². The summed E-state index contributed by atoms with van der Waals surface area (Å²) in [6.45, 7) is 3.04. The highest BCUT2D eigenvalue weighted by atomic mass is 16.5. The van der Waals surface area contributed by atoms with Crippen LogP contribution in [0.4, 0.5) is 5.69 Å². The second-order valence-corrected chi connectivity index (χ2v) is 8.92. The van der Waals surface area contributed by atoms with Gasteiger partial charge in [0.15, 0.2) is 6.54 Å². The van der Waals surface area contributed by atoms with Crippen molar-refractivity contribution in [2.45, 2.75) is 38.3 Å². The predicted molar refractivity (Wildman–Crippen MR) is 129 cm³/mol. The maximum Gasteiger partial charge on any atom is 0.318 e. The van der Waals surface area contributed by atoms with Crippen molar-refractivity contribution in [2.75, 3.05) is 25.1 Å². The zero-order chi connectivity index (χ0) is 23.2. The molecule has 0 amide bonds. The third-order valence-corrected chi connectivity index (χ3v) is 7.08. The summed E-state index contributed by atoms with van der Waals surface area (Å²) in [4.78, 5) is 15.8. The van der Waals surface area contributed by atoms with Gasteiger partial charge in [-0.2, -0.15) is 0 Å². The Bertz CT molecular complexity index is 1260. The quantitative estimate of drug-likeness (QED) is 0.624. The van der Waals surface area contributed by atoms with E-state index in [1.165, 1.54) is 0 Å². The highest BCUT2D eigenvalue weighted by Gasteiger charge is 2.53. The van der Waals surface area contributed by atoms with Gasteiger partial charge >= 0.3 is 5.56 Å². The molecule has 2 aromatic carbocycles. The van der Waals surface area contributed by atoms with Crippen molar-refractivity contribution in [3.8, 4) is 11.4 Å². The summed E-state index contributed by atoms with van der Waals surface area (Å²) < 4.78 is 11.0. The molecule has 0 spiro atoms. The number of benzene rings is 2. The summed E-state index contributed by atoms with van der Waals surface area (Å²) in [5, 5.41) is 12.1. The Morgan fingerprint density at radius 3 is 2.45 bits per heavy atom. The van der Waals surface area contributed by atoms with Crippen molar-refractivity contribution >= 4 is 11.5 Å². The van der Waals surface area contributed by atoms with Crippen molar-refractivity contribution in [1.29, 1.82) is 0 Å². The number of aliphatic hydroxyl groups is 1. The minimum absolute atomic E-state index is 0.0723. The molecule has 7 heteroatoms. The van der Waals surface area contributed by atoms with E-state index in [0.717, 1.165) is 60.8 Å². The third-order valence-electron chi connectivity index (χ3n) is 7.08. The second-order valence-electron chi connectivity index (χ2n) is 8.92. The molecule has 1 N–H and O–H groups in total. The van der Waals surface area contributed by atoms with Gasteiger partial charge in [-0.15, -0.1) is 0 Å². The lowest BCUT2D eigenvalue weighted by Crippen LogP contribution is -2.41. The van der Waals surface area contributed by atoms with Gasteiger partial charge in [0.1, 0.15) is 5.75 Å². The Morgan fingerprint density at radius 1 is 1.03 bits per heavy atom. The molecule has 2 aliphatic rings. The van der Waals surface area contributed by atoms with Gasteiger partial charge < -0.3 is 9.84 Å². The molecule has 7 nitrogen and oxygen atoms in total. The number of hydrogen-bond donors (Lipinski definition) is 1. The Kier molecular flexibility index (Phi) is 5.37. The van der Waals surface area contributed by atoms with Crippen LogP contribution in [-0.4, -0.2) is 45.1 Å². The maximum atomic E-state index is 13.8. The van der Waals surface area contributed by atoms with Crippen LogP contribution in [0, 0.1) is 6.92 Å². The minimum atomic E-state index is -1.21. The zero-order valence-electron chi connectivity index (χ0n) is 19.5. The molecule has 0 radical (unpaired) electrons. The number of ether oxygens (including phenoxy) is 1. The molecule has 3 aromatic rings. The van der Waals surface area contributed by atoms with E-state index in [2.05, 4.69) is 9.48 Å². The number of amidine groups is 1. The molecule has 172 valence electrons. The topological polar surface area (TPSA) is 62.6 Å². The summed E-state index contributed by atoms with van der Waals surface area (Å²) >= 11 is 0. The van der Waals surface area contributed by atoms with Crippen LogP contribution in [0.1, 0.15) is 36.9 Å². The molecule has 0 fully saturated rings. The summed E-state index contributed by atoms with van der Waals surface area (Å²) in [5.74, 6) is 1.78. The van der Waals surface area contributed by atoms with Crippen LogP contribution in [0.3, 0.4) is 0 Å². The molecule has 3 heterocycles. The van der Waals surface area contributed by atoms with Crippen LogP contribution in [0.15, 0.2) is 59.4 Å². The van der Waals surface area contributed by atoms with Gasteiger partial charge in [-0.25, -0.2) is 14.2 Å². The number of anilines is 1.